The number of methoxy groups -OCH3 is 3. The Kier molecular flexibility index (Phi) is 8.77. The third-order valence-corrected chi connectivity index (χ3v) is 5.95. The van der Waals surface area contributed by atoms with Gasteiger partial charge in [0.05, 0.1) is 21.3 Å². The Morgan fingerprint density at radius 2 is 1.67 bits per heavy atom. The number of aromatic nitrogens is 3. The van der Waals surface area contributed by atoms with Gasteiger partial charge in [-0.15, -0.1) is 0 Å². The van der Waals surface area contributed by atoms with Gasteiger partial charge >= 0.3 is 0 Å². The zero-order valence-corrected chi connectivity index (χ0v) is 23.1. The molecule has 0 fully saturated rings. The fourth-order valence-electron chi connectivity index (χ4n) is 4.07. The molecule has 0 saturated carbocycles. The van der Waals surface area contributed by atoms with E-state index in [1.54, 1.807) is 18.2 Å². The van der Waals surface area contributed by atoms with Crippen LogP contribution >= 0.6 is 12.2 Å². The van der Waals surface area contributed by atoms with E-state index in [1.165, 1.54) is 33.5 Å². The third kappa shape index (κ3) is 6.90. The molecule has 0 aliphatic rings. The topological polar surface area (TPSA) is 118 Å². The maximum atomic E-state index is 13.8. The summed E-state index contributed by atoms with van der Waals surface area (Å²) >= 11 is 5.56. The first-order valence-corrected chi connectivity index (χ1v) is 12.5. The highest BCUT2D eigenvalue weighted by Gasteiger charge is 2.15. The molecule has 0 unspecified atom stereocenters. The molecule has 0 aliphatic carbocycles. The van der Waals surface area contributed by atoms with Crippen LogP contribution in [0, 0.1) is 19.7 Å². The van der Waals surface area contributed by atoms with Crippen molar-refractivity contribution in [2.75, 3.05) is 38.5 Å². The normalized spacial score (nSPS) is 11.3. The van der Waals surface area contributed by atoms with Gasteiger partial charge in [0.25, 0.3) is 0 Å². The van der Waals surface area contributed by atoms with Crippen LogP contribution in [0.15, 0.2) is 47.6 Å². The minimum Gasteiger partial charge on any atom is -0.493 e. The summed E-state index contributed by atoms with van der Waals surface area (Å²) in [6.45, 7) is 4.16. The van der Waals surface area contributed by atoms with Crippen molar-refractivity contribution in [2.24, 2.45) is 4.99 Å². The van der Waals surface area contributed by atoms with E-state index in [4.69, 9.17) is 26.4 Å². The van der Waals surface area contributed by atoms with Crippen molar-refractivity contribution in [1.29, 1.82) is 0 Å². The number of ether oxygens (including phenoxy) is 3. The predicted octanol–water partition coefficient (Wildman–Crippen LogP) is 4.74. The number of benzene rings is 2. The summed E-state index contributed by atoms with van der Waals surface area (Å²) in [6.07, 6.45) is 2.43. The second-order valence-corrected chi connectivity index (χ2v) is 8.98. The average Bonchev–Trinajstić information content (AvgIpc) is 3.29. The second kappa shape index (κ2) is 12.4. The standard InChI is InChI=1S/C27H30FN7O3S/c1-15-10-16(2)32-26(31-15)34-25(29-9-8-17-14-30-21-7-6-18(28)11-20(17)21)35-27(39)33-19-12-22(36-3)24(38-5)23(13-19)37-4/h6-7,10-14,30H,8-9H2,1-5H3,(H3,29,31,32,33,34,35,39). The first kappa shape index (κ1) is 27.6. The fraction of sp³-hybridized carbons (Fsp3) is 0.259. The van der Waals surface area contributed by atoms with Gasteiger partial charge in [0.2, 0.25) is 17.7 Å². The van der Waals surface area contributed by atoms with E-state index in [1.807, 2.05) is 26.1 Å². The van der Waals surface area contributed by atoms with E-state index in [9.17, 15) is 4.39 Å². The number of halogens is 1. The highest BCUT2D eigenvalue weighted by atomic mass is 32.1. The van der Waals surface area contributed by atoms with Gasteiger partial charge in [-0.25, -0.2) is 14.4 Å². The van der Waals surface area contributed by atoms with Crippen molar-refractivity contribution < 1.29 is 18.6 Å². The van der Waals surface area contributed by atoms with Crippen LogP contribution in [0.4, 0.5) is 16.0 Å². The lowest BCUT2D eigenvalue weighted by Gasteiger charge is -2.17. The van der Waals surface area contributed by atoms with Crippen molar-refractivity contribution in [3.63, 3.8) is 0 Å². The molecule has 0 radical (unpaired) electrons. The number of hydrogen-bond donors (Lipinski definition) is 4. The van der Waals surface area contributed by atoms with Gasteiger partial charge < -0.3 is 29.8 Å². The first-order valence-electron chi connectivity index (χ1n) is 12.1. The Bertz CT molecular complexity index is 1480. The fourth-order valence-corrected chi connectivity index (χ4v) is 4.28. The molecule has 0 atom stereocenters. The van der Waals surface area contributed by atoms with Crippen LogP contribution in [-0.4, -0.2) is 53.9 Å². The number of nitrogens with one attached hydrogen (secondary N) is 4. The zero-order chi connectivity index (χ0) is 27.9. The Morgan fingerprint density at radius 1 is 0.974 bits per heavy atom. The van der Waals surface area contributed by atoms with E-state index >= 15 is 0 Å². The quantitative estimate of drug-likeness (QED) is 0.140. The monoisotopic (exact) mass is 551 g/mol. The molecule has 204 valence electrons. The Balaban J connectivity index is 1.54. The summed E-state index contributed by atoms with van der Waals surface area (Å²) in [7, 11) is 4.62. The van der Waals surface area contributed by atoms with Crippen molar-refractivity contribution >= 4 is 45.8 Å². The molecular formula is C27H30FN7O3S. The number of aromatic amines is 1. The van der Waals surface area contributed by atoms with Gasteiger partial charge in [0.1, 0.15) is 5.82 Å². The molecule has 10 nitrogen and oxygen atoms in total. The van der Waals surface area contributed by atoms with Crippen LogP contribution in [0.25, 0.3) is 10.9 Å². The van der Waals surface area contributed by atoms with E-state index in [-0.39, 0.29) is 10.9 Å². The summed E-state index contributed by atoms with van der Waals surface area (Å²) in [6, 6.07) is 10.0. The van der Waals surface area contributed by atoms with E-state index < -0.39 is 0 Å². The molecule has 0 bridgehead atoms. The predicted molar refractivity (Wildman–Crippen MR) is 155 cm³/mol. The SMILES string of the molecule is COc1cc(NC(=S)NC(=NCCc2c[nH]c3ccc(F)cc23)Nc2nc(C)cc(C)n2)cc(OC)c1OC. The molecule has 0 spiro atoms. The zero-order valence-electron chi connectivity index (χ0n) is 22.3. The summed E-state index contributed by atoms with van der Waals surface area (Å²) in [4.78, 5) is 16.7. The minimum absolute atomic E-state index is 0.258. The molecule has 2 heterocycles. The highest BCUT2D eigenvalue weighted by Crippen LogP contribution is 2.39. The lowest BCUT2D eigenvalue weighted by molar-refractivity contribution is 0.324. The third-order valence-electron chi connectivity index (χ3n) is 5.75. The summed E-state index contributed by atoms with van der Waals surface area (Å²) in [5.74, 6) is 1.86. The lowest BCUT2D eigenvalue weighted by atomic mass is 10.1. The van der Waals surface area contributed by atoms with Crippen LogP contribution in [0.5, 0.6) is 17.2 Å². The number of guanidine groups is 1. The Labute approximate surface area is 231 Å². The molecule has 0 amide bonds. The summed E-state index contributed by atoms with van der Waals surface area (Å²) in [5, 5.41) is 10.4. The Morgan fingerprint density at radius 3 is 2.31 bits per heavy atom. The Hall–Kier alpha value is -4.45. The van der Waals surface area contributed by atoms with E-state index in [2.05, 4.69) is 35.9 Å². The molecule has 39 heavy (non-hydrogen) atoms. The summed E-state index contributed by atoms with van der Waals surface area (Å²) in [5.41, 5.74) is 4.05. The van der Waals surface area contributed by atoms with Crippen LogP contribution < -0.4 is 30.2 Å². The van der Waals surface area contributed by atoms with E-state index in [0.29, 0.717) is 47.8 Å². The average molecular weight is 552 g/mol. The molecule has 2 aromatic carbocycles. The molecule has 0 aliphatic heterocycles. The van der Waals surface area contributed by atoms with Crippen LogP contribution in [0.1, 0.15) is 17.0 Å². The number of hydrogen-bond acceptors (Lipinski definition) is 7. The summed E-state index contributed by atoms with van der Waals surface area (Å²) < 4.78 is 30.0. The van der Waals surface area contributed by atoms with Crippen LogP contribution in [0.2, 0.25) is 0 Å². The number of aryl methyl sites for hydroxylation is 2. The van der Waals surface area contributed by atoms with Crippen molar-refractivity contribution in [3.8, 4) is 17.2 Å². The van der Waals surface area contributed by atoms with Crippen molar-refractivity contribution in [2.45, 2.75) is 20.3 Å². The maximum Gasteiger partial charge on any atom is 0.229 e. The molecular weight excluding hydrogens is 521 g/mol. The number of nitrogens with zero attached hydrogens (tertiary/aromatic N) is 3. The van der Waals surface area contributed by atoms with Crippen molar-refractivity contribution in [1.82, 2.24) is 20.3 Å². The van der Waals surface area contributed by atoms with Gasteiger partial charge in [-0.2, -0.15) is 0 Å². The van der Waals surface area contributed by atoms with Gasteiger partial charge in [-0.3, -0.25) is 10.3 Å². The molecule has 2 aromatic heterocycles. The molecule has 12 heteroatoms. The number of thiocarbonyl (C=S) groups is 1. The van der Waals surface area contributed by atoms with Gasteiger partial charge in [-0.1, -0.05) is 0 Å². The van der Waals surface area contributed by atoms with Crippen LogP contribution in [-0.2, 0) is 6.42 Å². The smallest absolute Gasteiger partial charge is 0.229 e. The van der Waals surface area contributed by atoms with E-state index in [0.717, 1.165) is 27.9 Å². The lowest BCUT2D eigenvalue weighted by Crippen LogP contribution is -2.39. The molecule has 4 aromatic rings. The number of aliphatic imine (C=N–C) groups is 1. The second-order valence-electron chi connectivity index (χ2n) is 8.58. The number of rotatable bonds is 8. The maximum absolute atomic E-state index is 13.8. The first-order chi connectivity index (χ1) is 18.8. The highest BCUT2D eigenvalue weighted by molar-refractivity contribution is 7.80. The van der Waals surface area contributed by atoms with Gasteiger partial charge in [0, 0.05) is 52.9 Å². The molecule has 4 rings (SSSR count). The largest absolute Gasteiger partial charge is 0.493 e. The van der Waals surface area contributed by atoms with Gasteiger partial charge in [-0.05, 0) is 62.3 Å². The van der Waals surface area contributed by atoms with Crippen molar-refractivity contribution in [3.05, 3.63) is 65.4 Å². The molecule has 0 saturated heterocycles. The number of fused-ring (bicyclic) bond motifs is 1. The minimum atomic E-state index is -0.286. The number of H-pyrrole nitrogens is 1. The molecule has 4 N–H and O–H groups in total. The number of anilines is 2. The van der Waals surface area contributed by atoms with Gasteiger partial charge in [0.15, 0.2) is 16.6 Å². The van der Waals surface area contributed by atoms with Crippen LogP contribution in [0.3, 0.4) is 0 Å².